The number of benzene rings is 2. The van der Waals surface area contributed by atoms with Crippen LogP contribution in [0, 0.1) is 6.92 Å². The second-order valence-corrected chi connectivity index (χ2v) is 4.50. The Bertz CT molecular complexity index is 511. The molecule has 82 valence electrons. The van der Waals surface area contributed by atoms with Gasteiger partial charge >= 0.3 is 0 Å². The third-order valence-corrected chi connectivity index (χ3v) is 2.72. The second kappa shape index (κ2) is 4.58. The van der Waals surface area contributed by atoms with Crippen LogP contribution in [-0.2, 0) is 0 Å². The van der Waals surface area contributed by atoms with Crippen LogP contribution in [-0.4, -0.2) is 0 Å². The minimum Gasteiger partial charge on any atom is -0.457 e. The molecule has 0 radical (unpaired) electrons. The van der Waals surface area contributed by atoms with E-state index in [0.717, 1.165) is 27.2 Å². The Morgan fingerprint density at radius 2 is 1.94 bits per heavy atom. The van der Waals surface area contributed by atoms with Gasteiger partial charge in [0.2, 0.25) is 0 Å². The molecule has 2 N–H and O–H groups in total. The van der Waals surface area contributed by atoms with Gasteiger partial charge in [0.05, 0.1) is 0 Å². The van der Waals surface area contributed by atoms with Gasteiger partial charge in [0.15, 0.2) is 0 Å². The van der Waals surface area contributed by atoms with Crippen molar-refractivity contribution < 1.29 is 4.74 Å². The Labute approximate surface area is 103 Å². The summed E-state index contributed by atoms with van der Waals surface area (Å²) in [6, 6.07) is 13.4. The highest BCUT2D eigenvalue weighted by molar-refractivity contribution is 9.10. The standard InChI is InChI=1S/C13H12BrNO/c1-9-7-11(15)5-6-13(9)16-12-4-2-3-10(14)8-12/h2-8H,15H2,1H3. The maximum Gasteiger partial charge on any atom is 0.130 e. The summed E-state index contributed by atoms with van der Waals surface area (Å²) >= 11 is 3.41. The van der Waals surface area contributed by atoms with E-state index in [4.69, 9.17) is 10.5 Å². The number of anilines is 1. The number of halogens is 1. The molecule has 2 aromatic rings. The highest BCUT2D eigenvalue weighted by Gasteiger charge is 2.01. The van der Waals surface area contributed by atoms with Crippen LogP contribution in [0.25, 0.3) is 0 Å². The Kier molecular flexibility index (Phi) is 3.15. The van der Waals surface area contributed by atoms with Gasteiger partial charge in [0.1, 0.15) is 11.5 Å². The number of hydrogen-bond acceptors (Lipinski definition) is 2. The molecule has 0 spiro atoms. The van der Waals surface area contributed by atoms with E-state index in [2.05, 4.69) is 15.9 Å². The Hall–Kier alpha value is -1.48. The smallest absolute Gasteiger partial charge is 0.130 e. The number of hydrogen-bond donors (Lipinski definition) is 1. The molecular formula is C13H12BrNO. The van der Waals surface area contributed by atoms with Gasteiger partial charge in [-0.25, -0.2) is 0 Å². The number of aryl methyl sites for hydroxylation is 1. The molecule has 0 aliphatic rings. The van der Waals surface area contributed by atoms with Crippen LogP contribution in [0.5, 0.6) is 11.5 Å². The molecule has 0 atom stereocenters. The van der Waals surface area contributed by atoms with Crippen LogP contribution < -0.4 is 10.5 Å². The molecule has 0 amide bonds. The monoisotopic (exact) mass is 277 g/mol. The van der Waals surface area contributed by atoms with Crippen molar-refractivity contribution in [3.8, 4) is 11.5 Å². The van der Waals surface area contributed by atoms with E-state index >= 15 is 0 Å². The first-order valence-electron chi connectivity index (χ1n) is 4.95. The highest BCUT2D eigenvalue weighted by Crippen LogP contribution is 2.27. The number of nitrogen functional groups attached to an aromatic ring is 1. The normalized spacial score (nSPS) is 10.1. The average Bonchev–Trinajstić information content (AvgIpc) is 2.22. The van der Waals surface area contributed by atoms with Gasteiger partial charge in [-0.05, 0) is 48.9 Å². The maximum atomic E-state index is 5.76. The van der Waals surface area contributed by atoms with Crippen molar-refractivity contribution in [1.29, 1.82) is 0 Å². The van der Waals surface area contributed by atoms with E-state index in [-0.39, 0.29) is 0 Å². The molecule has 0 unspecified atom stereocenters. The van der Waals surface area contributed by atoms with Crippen molar-refractivity contribution in [2.75, 3.05) is 5.73 Å². The molecule has 0 fully saturated rings. The van der Waals surface area contributed by atoms with Crippen molar-refractivity contribution >= 4 is 21.6 Å². The Balaban J connectivity index is 2.27. The third kappa shape index (κ3) is 2.55. The molecule has 2 aromatic carbocycles. The lowest BCUT2D eigenvalue weighted by Crippen LogP contribution is -1.90. The zero-order valence-corrected chi connectivity index (χ0v) is 10.5. The summed E-state index contributed by atoms with van der Waals surface area (Å²) in [7, 11) is 0. The molecule has 0 bridgehead atoms. The third-order valence-electron chi connectivity index (χ3n) is 2.22. The van der Waals surface area contributed by atoms with E-state index in [0.29, 0.717) is 0 Å². The van der Waals surface area contributed by atoms with Gasteiger partial charge in [0, 0.05) is 10.2 Å². The molecule has 3 heteroatoms. The van der Waals surface area contributed by atoms with Crippen LogP contribution in [0.15, 0.2) is 46.9 Å². The summed E-state index contributed by atoms with van der Waals surface area (Å²) in [6.45, 7) is 1.98. The molecule has 0 heterocycles. The second-order valence-electron chi connectivity index (χ2n) is 3.58. The molecule has 16 heavy (non-hydrogen) atoms. The predicted molar refractivity (Wildman–Crippen MR) is 69.8 cm³/mol. The average molecular weight is 278 g/mol. The van der Waals surface area contributed by atoms with Gasteiger partial charge < -0.3 is 10.5 Å². The fraction of sp³-hybridized carbons (Fsp3) is 0.0769. The SMILES string of the molecule is Cc1cc(N)ccc1Oc1cccc(Br)c1. The zero-order valence-electron chi connectivity index (χ0n) is 8.91. The quantitative estimate of drug-likeness (QED) is 0.838. The summed E-state index contributed by atoms with van der Waals surface area (Å²) in [5, 5.41) is 0. The molecule has 0 saturated heterocycles. The highest BCUT2D eigenvalue weighted by atomic mass is 79.9. The van der Waals surface area contributed by atoms with Crippen LogP contribution in [0.1, 0.15) is 5.56 Å². The Morgan fingerprint density at radius 1 is 1.12 bits per heavy atom. The first kappa shape index (κ1) is 11.0. The van der Waals surface area contributed by atoms with Gasteiger partial charge in [0.25, 0.3) is 0 Å². The summed E-state index contributed by atoms with van der Waals surface area (Å²) in [4.78, 5) is 0. The van der Waals surface area contributed by atoms with E-state index in [9.17, 15) is 0 Å². The zero-order chi connectivity index (χ0) is 11.5. The molecule has 2 rings (SSSR count). The van der Waals surface area contributed by atoms with E-state index < -0.39 is 0 Å². The topological polar surface area (TPSA) is 35.2 Å². The molecule has 0 aliphatic heterocycles. The molecule has 2 nitrogen and oxygen atoms in total. The van der Waals surface area contributed by atoms with Crippen LogP contribution in [0.3, 0.4) is 0 Å². The van der Waals surface area contributed by atoms with Crippen molar-refractivity contribution in [1.82, 2.24) is 0 Å². The van der Waals surface area contributed by atoms with E-state index in [1.54, 1.807) is 0 Å². The summed E-state index contributed by atoms with van der Waals surface area (Å²) in [5.41, 5.74) is 7.46. The molecule has 0 saturated carbocycles. The number of ether oxygens (including phenoxy) is 1. The van der Waals surface area contributed by atoms with Crippen LogP contribution >= 0.6 is 15.9 Å². The minimum absolute atomic E-state index is 0.749. The van der Waals surface area contributed by atoms with E-state index in [1.807, 2.05) is 49.4 Å². The maximum absolute atomic E-state index is 5.76. The summed E-state index contributed by atoms with van der Waals surface area (Å²) in [6.07, 6.45) is 0. The lowest BCUT2D eigenvalue weighted by molar-refractivity contribution is 0.478. The van der Waals surface area contributed by atoms with E-state index in [1.165, 1.54) is 0 Å². The fourth-order valence-corrected chi connectivity index (χ4v) is 1.82. The van der Waals surface area contributed by atoms with Crippen molar-refractivity contribution in [2.45, 2.75) is 6.92 Å². The predicted octanol–water partition coefficient (Wildman–Crippen LogP) is 4.13. The van der Waals surface area contributed by atoms with Gasteiger partial charge in [-0.15, -0.1) is 0 Å². The molecule has 0 aliphatic carbocycles. The summed E-state index contributed by atoms with van der Waals surface area (Å²) < 4.78 is 6.76. The van der Waals surface area contributed by atoms with Gasteiger partial charge in [-0.1, -0.05) is 22.0 Å². The molecule has 0 aromatic heterocycles. The Morgan fingerprint density at radius 3 is 2.62 bits per heavy atom. The first-order chi connectivity index (χ1) is 7.65. The van der Waals surface area contributed by atoms with Crippen LogP contribution in [0.2, 0.25) is 0 Å². The van der Waals surface area contributed by atoms with Crippen molar-refractivity contribution in [2.24, 2.45) is 0 Å². The first-order valence-corrected chi connectivity index (χ1v) is 5.74. The summed E-state index contributed by atoms with van der Waals surface area (Å²) in [5.74, 6) is 1.63. The minimum atomic E-state index is 0.749. The van der Waals surface area contributed by atoms with Gasteiger partial charge in [-0.2, -0.15) is 0 Å². The largest absolute Gasteiger partial charge is 0.457 e. The number of rotatable bonds is 2. The van der Waals surface area contributed by atoms with Crippen molar-refractivity contribution in [3.05, 3.63) is 52.5 Å². The van der Waals surface area contributed by atoms with Crippen molar-refractivity contribution in [3.63, 3.8) is 0 Å². The van der Waals surface area contributed by atoms with Crippen LogP contribution in [0.4, 0.5) is 5.69 Å². The lowest BCUT2D eigenvalue weighted by Gasteiger charge is -2.09. The van der Waals surface area contributed by atoms with Gasteiger partial charge in [-0.3, -0.25) is 0 Å². The lowest BCUT2D eigenvalue weighted by atomic mass is 10.2. The number of nitrogens with two attached hydrogens (primary N) is 1. The molecular weight excluding hydrogens is 266 g/mol. The fourth-order valence-electron chi connectivity index (χ4n) is 1.44.